The summed E-state index contributed by atoms with van der Waals surface area (Å²) in [6.45, 7) is 0.190. The number of carboxylic acid groups (broad SMARTS) is 1. The number of amides is 3. The molecule has 2 rings (SSSR count). The third-order valence-corrected chi connectivity index (χ3v) is 3.40. The average Bonchev–Trinajstić information content (AvgIpc) is 2.92. The third kappa shape index (κ3) is 5.18. The minimum absolute atomic E-state index is 0.0262. The van der Waals surface area contributed by atoms with Gasteiger partial charge in [0, 0.05) is 25.1 Å². The number of benzene rings is 1. The van der Waals surface area contributed by atoms with E-state index < -0.39 is 12.1 Å². The van der Waals surface area contributed by atoms with Crippen LogP contribution in [0.2, 0.25) is 0 Å². The second kappa shape index (κ2) is 7.49. The fraction of sp³-hybridized carbons (Fsp3) is 0.231. The minimum atomic E-state index is -1.10. The molecule has 0 unspecified atom stereocenters. The van der Waals surface area contributed by atoms with E-state index in [1.165, 1.54) is 19.2 Å². The summed E-state index contributed by atoms with van der Waals surface area (Å²) >= 11 is 0.943. The highest BCUT2D eigenvalue weighted by molar-refractivity contribution is 7.09. The van der Waals surface area contributed by atoms with Crippen LogP contribution in [0.5, 0.6) is 0 Å². The van der Waals surface area contributed by atoms with Crippen LogP contribution in [0.1, 0.15) is 11.4 Å². The Morgan fingerprint density at radius 1 is 1.43 bits per heavy atom. The first-order valence-electron chi connectivity index (χ1n) is 6.50. The summed E-state index contributed by atoms with van der Waals surface area (Å²) in [4.78, 5) is 27.5. The topological polar surface area (TPSA) is 107 Å². The quantitative estimate of drug-likeness (QED) is 0.773. The van der Waals surface area contributed by atoms with Gasteiger partial charge >= 0.3 is 12.1 Å². The number of nitrogens with zero attached hydrogens (tertiary/aromatic N) is 3. The van der Waals surface area contributed by atoms with Gasteiger partial charge in [-0.15, -0.1) is 0 Å². The van der Waals surface area contributed by atoms with E-state index in [0.29, 0.717) is 11.4 Å². The molecule has 0 aliphatic rings. The number of rotatable bonds is 5. The minimum Gasteiger partial charge on any atom is -0.465 e. The molecule has 0 saturated heterocycles. The first kappa shape index (κ1) is 16.6. The van der Waals surface area contributed by atoms with Crippen molar-refractivity contribution in [3.8, 4) is 0 Å². The molecule has 0 atom stereocenters. The fourth-order valence-corrected chi connectivity index (χ4v) is 2.19. The Kier molecular flexibility index (Phi) is 5.41. The summed E-state index contributed by atoms with van der Waals surface area (Å²) in [6, 6.07) is 5.38. The van der Waals surface area contributed by atoms with Gasteiger partial charge in [0.1, 0.15) is 5.82 Å². The number of halogens is 1. The third-order valence-electron chi connectivity index (χ3n) is 2.74. The number of urea groups is 1. The highest BCUT2D eigenvalue weighted by atomic mass is 32.1. The number of hydrogen-bond donors (Lipinski definition) is 3. The van der Waals surface area contributed by atoms with Gasteiger partial charge in [-0.2, -0.15) is 4.37 Å². The Hall–Kier alpha value is -2.75. The van der Waals surface area contributed by atoms with Crippen LogP contribution >= 0.6 is 11.5 Å². The van der Waals surface area contributed by atoms with E-state index in [4.69, 9.17) is 5.11 Å². The van der Waals surface area contributed by atoms with Crippen LogP contribution in [0, 0.1) is 5.82 Å². The van der Waals surface area contributed by atoms with E-state index in [2.05, 4.69) is 20.0 Å². The lowest BCUT2D eigenvalue weighted by atomic mass is 10.2. The van der Waals surface area contributed by atoms with E-state index in [1.54, 1.807) is 12.1 Å². The normalized spacial score (nSPS) is 10.2. The summed E-state index contributed by atoms with van der Waals surface area (Å²) < 4.78 is 17.0. The van der Waals surface area contributed by atoms with Crippen molar-refractivity contribution in [3.05, 3.63) is 41.5 Å². The largest absolute Gasteiger partial charge is 0.465 e. The highest BCUT2D eigenvalue weighted by Crippen LogP contribution is 2.12. The van der Waals surface area contributed by atoms with Crippen LogP contribution < -0.4 is 10.6 Å². The van der Waals surface area contributed by atoms with Crippen LogP contribution in [-0.4, -0.2) is 38.5 Å². The lowest BCUT2D eigenvalue weighted by molar-refractivity contribution is 0.153. The SMILES string of the molecule is CN(Cc1nsc(NC(=O)NCc2cccc(F)c2)n1)C(=O)O. The Bertz CT molecular complexity index is 708. The van der Waals surface area contributed by atoms with E-state index in [1.807, 2.05) is 0 Å². The van der Waals surface area contributed by atoms with Gasteiger partial charge in [-0.05, 0) is 17.7 Å². The van der Waals surface area contributed by atoms with Crippen molar-refractivity contribution in [1.82, 2.24) is 19.6 Å². The Balaban J connectivity index is 1.83. The zero-order valence-electron chi connectivity index (χ0n) is 12.1. The molecule has 23 heavy (non-hydrogen) atoms. The van der Waals surface area contributed by atoms with Crippen molar-refractivity contribution < 1.29 is 19.1 Å². The van der Waals surface area contributed by atoms with E-state index >= 15 is 0 Å². The van der Waals surface area contributed by atoms with Gasteiger partial charge in [0.25, 0.3) is 0 Å². The summed E-state index contributed by atoms with van der Waals surface area (Å²) in [7, 11) is 1.39. The summed E-state index contributed by atoms with van der Waals surface area (Å²) in [6.07, 6.45) is -1.10. The summed E-state index contributed by atoms with van der Waals surface area (Å²) in [5.74, 6) is -0.0821. The maximum Gasteiger partial charge on any atom is 0.407 e. The van der Waals surface area contributed by atoms with Crippen LogP contribution in [0.15, 0.2) is 24.3 Å². The second-order valence-electron chi connectivity index (χ2n) is 4.59. The maximum atomic E-state index is 13.0. The Morgan fingerprint density at radius 2 is 2.22 bits per heavy atom. The number of carbonyl (C=O) groups is 2. The molecule has 0 fully saturated rings. The molecule has 1 heterocycles. The molecule has 0 spiro atoms. The van der Waals surface area contributed by atoms with Crippen molar-refractivity contribution >= 4 is 28.8 Å². The van der Waals surface area contributed by atoms with Gasteiger partial charge in [0.15, 0.2) is 5.82 Å². The van der Waals surface area contributed by atoms with Crippen LogP contribution in [0.4, 0.5) is 19.1 Å². The van der Waals surface area contributed by atoms with Gasteiger partial charge in [0.05, 0.1) is 6.54 Å². The first-order valence-corrected chi connectivity index (χ1v) is 7.27. The standard InChI is InChI=1S/C13H14FN5O3S/c1-19(13(21)22)7-10-16-12(23-18-10)17-11(20)15-6-8-3-2-4-9(14)5-8/h2-5H,6-7H2,1H3,(H,21,22)(H2,15,16,17,18,20). The molecular weight excluding hydrogens is 325 g/mol. The molecule has 8 nitrogen and oxygen atoms in total. The van der Waals surface area contributed by atoms with E-state index in [-0.39, 0.29) is 24.0 Å². The molecule has 1 aromatic heterocycles. The number of nitrogens with one attached hydrogen (secondary N) is 2. The molecule has 3 N–H and O–H groups in total. The molecule has 10 heteroatoms. The number of hydrogen-bond acceptors (Lipinski definition) is 5. The van der Waals surface area contributed by atoms with Crippen molar-refractivity contribution in [2.45, 2.75) is 13.1 Å². The average molecular weight is 339 g/mol. The molecule has 0 saturated carbocycles. The van der Waals surface area contributed by atoms with Crippen LogP contribution in [0.3, 0.4) is 0 Å². The van der Waals surface area contributed by atoms with Crippen LogP contribution in [-0.2, 0) is 13.1 Å². The maximum absolute atomic E-state index is 13.0. The van der Waals surface area contributed by atoms with Crippen molar-refractivity contribution in [2.75, 3.05) is 12.4 Å². The molecule has 0 bridgehead atoms. The molecule has 122 valence electrons. The molecule has 2 aromatic rings. The number of carbonyl (C=O) groups excluding carboxylic acids is 1. The molecule has 1 aromatic carbocycles. The summed E-state index contributed by atoms with van der Waals surface area (Å²) in [5, 5.41) is 14.1. The lowest BCUT2D eigenvalue weighted by Crippen LogP contribution is -2.28. The van der Waals surface area contributed by atoms with Gasteiger partial charge in [-0.3, -0.25) is 5.32 Å². The number of aromatic nitrogens is 2. The van der Waals surface area contributed by atoms with E-state index in [9.17, 15) is 14.0 Å². The molecule has 0 aliphatic carbocycles. The van der Waals surface area contributed by atoms with Crippen molar-refractivity contribution in [1.29, 1.82) is 0 Å². The smallest absolute Gasteiger partial charge is 0.407 e. The van der Waals surface area contributed by atoms with Gasteiger partial charge in [0.2, 0.25) is 5.13 Å². The first-order chi connectivity index (χ1) is 10.9. The zero-order valence-corrected chi connectivity index (χ0v) is 12.9. The second-order valence-corrected chi connectivity index (χ2v) is 5.34. The lowest BCUT2D eigenvalue weighted by Gasteiger charge is -2.09. The van der Waals surface area contributed by atoms with E-state index in [0.717, 1.165) is 16.4 Å². The van der Waals surface area contributed by atoms with Crippen molar-refractivity contribution in [3.63, 3.8) is 0 Å². The monoisotopic (exact) mass is 339 g/mol. The van der Waals surface area contributed by atoms with Gasteiger partial charge in [-0.25, -0.2) is 19.0 Å². The molecular formula is C13H14FN5O3S. The summed E-state index contributed by atoms with van der Waals surface area (Å²) in [5.41, 5.74) is 0.626. The Morgan fingerprint density at radius 3 is 2.91 bits per heavy atom. The highest BCUT2D eigenvalue weighted by Gasteiger charge is 2.12. The predicted molar refractivity (Wildman–Crippen MR) is 81.7 cm³/mol. The van der Waals surface area contributed by atoms with Crippen molar-refractivity contribution in [2.24, 2.45) is 0 Å². The molecule has 0 radical (unpaired) electrons. The molecule has 0 aliphatic heterocycles. The zero-order chi connectivity index (χ0) is 16.8. The predicted octanol–water partition coefficient (Wildman–Crippen LogP) is 2.11. The number of anilines is 1. The van der Waals surface area contributed by atoms with Gasteiger partial charge < -0.3 is 15.3 Å². The fourth-order valence-electron chi connectivity index (χ4n) is 1.62. The van der Waals surface area contributed by atoms with Gasteiger partial charge in [-0.1, -0.05) is 12.1 Å². The van der Waals surface area contributed by atoms with Crippen LogP contribution in [0.25, 0.3) is 0 Å². The Labute approximate surface area is 135 Å². The molecule has 3 amide bonds.